The van der Waals surface area contributed by atoms with Gasteiger partial charge in [0.25, 0.3) is 0 Å². The summed E-state index contributed by atoms with van der Waals surface area (Å²) in [5.41, 5.74) is 0. The number of carbonyl (C=O) groups is 2. The third-order valence-electron chi connectivity index (χ3n) is 14.1. The number of amides is 1. The summed E-state index contributed by atoms with van der Waals surface area (Å²) in [5.74, 6) is -0.0342. The highest BCUT2D eigenvalue weighted by atomic mass is 16.5. The van der Waals surface area contributed by atoms with Gasteiger partial charge in [0, 0.05) is 12.8 Å². The molecule has 6 heteroatoms. The first-order valence-corrected chi connectivity index (χ1v) is 29.9. The number of allylic oxidation sites excluding steroid dienone is 2. The molecule has 2 atom stereocenters. The molecule has 2 unspecified atom stereocenters. The molecule has 0 aromatic carbocycles. The summed E-state index contributed by atoms with van der Waals surface area (Å²) in [6.45, 7) is 4.96. The molecule has 0 aliphatic heterocycles. The maximum absolute atomic E-state index is 12.5. The van der Waals surface area contributed by atoms with E-state index in [1.807, 2.05) is 0 Å². The summed E-state index contributed by atoms with van der Waals surface area (Å²) in [4.78, 5) is 24.5. The highest BCUT2D eigenvalue weighted by Crippen LogP contribution is 2.18. The third kappa shape index (κ3) is 52.0. The van der Waals surface area contributed by atoms with Crippen LogP contribution in [-0.2, 0) is 14.3 Å². The number of aliphatic hydroxyl groups excluding tert-OH is 2. The van der Waals surface area contributed by atoms with Crippen molar-refractivity contribution in [1.82, 2.24) is 5.32 Å². The van der Waals surface area contributed by atoms with Crippen molar-refractivity contribution in [1.29, 1.82) is 0 Å². The molecule has 3 N–H and O–H groups in total. The van der Waals surface area contributed by atoms with Gasteiger partial charge in [-0.15, -0.1) is 0 Å². The quantitative estimate of drug-likeness (QED) is 0.0321. The SMILES string of the molecule is CCCCCCC/C=C\CCCCCCCC(=O)OCCCCCCCCCCCCCCCCCCCCCC(=O)NC(CO)C(O)CCCCCCCCCCCCCCCCCC. The van der Waals surface area contributed by atoms with Crippen LogP contribution in [-0.4, -0.2) is 47.4 Å². The van der Waals surface area contributed by atoms with E-state index in [9.17, 15) is 19.8 Å². The average Bonchev–Trinajstić information content (AvgIpc) is 3.32. The van der Waals surface area contributed by atoms with Crippen LogP contribution in [0, 0.1) is 0 Å². The number of nitrogens with one attached hydrogen (secondary N) is 1. The lowest BCUT2D eigenvalue weighted by atomic mass is 10.0. The van der Waals surface area contributed by atoms with E-state index in [0.717, 1.165) is 44.9 Å². The second kappa shape index (κ2) is 56.2. The van der Waals surface area contributed by atoms with Gasteiger partial charge in [0.1, 0.15) is 0 Å². The summed E-state index contributed by atoms with van der Waals surface area (Å²) in [6.07, 6.45) is 66.3. The Kier molecular flexibility index (Phi) is 55.0. The molecule has 1 amide bonds. The van der Waals surface area contributed by atoms with E-state index in [2.05, 4.69) is 31.3 Å². The zero-order valence-electron chi connectivity index (χ0n) is 44.7. The zero-order valence-corrected chi connectivity index (χ0v) is 44.7. The molecule has 0 aromatic rings. The maximum atomic E-state index is 12.5. The van der Waals surface area contributed by atoms with E-state index >= 15 is 0 Å². The molecule has 0 aromatic heterocycles. The number of carbonyl (C=O) groups excluding carboxylic acids is 2. The van der Waals surface area contributed by atoms with Crippen molar-refractivity contribution < 1.29 is 24.5 Å². The van der Waals surface area contributed by atoms with Crippen molar-refractivity contribution in [2.24, 2.45) is 0 Å². The molecule has 0 heterocycles. The Labute approximate surface area is 412 Å². The molecular weight excluding hydrogens is 815 g/mol. The van der Waals surface area contributed by atoms with Crippen molar-refractivity contribution in [2.45, 2.75) is 347 Å². The predicted octanol–water partition coefficient (Wildman–Crippen LogP) is 18.5. The zero-order chi connectivity index (χ0) is 47.9. The van der Waals surface area contributed by atoms with Crippen molar-refractivity contribution in [3.05, 3.63) is 12.2 Å². The fourth-order valence-electron chi connectivity index (χ4n) is 9.46. The van der Waals surface area contributed by atoms with Crippen LogP contribution < -0.4 is 5.32 Å². The maximum Gasteiger partial charge on any atom is 0.305 e. The molecule has 0 saturated heterocycles. The van der Waals surface area contributed by atoms with Gasteiger partial charge in [0.2, 0.25) is 5.91 Å². The molecule has 0 bridgehead atoms. The van der Waals surface area contributed by atoms with E-state index in [0.29, 0.717) is 25.9 Å². The molecule has 392 valence electrons. The third-order valence-corrected chi connectivity index (χ3v) is 14.1. The Balaban J connectivity index is 3.39. The molecule has 66 heavy (non-hydrogen) atoms. The molecule has 0 saturated carbocycles. The normalized spacial score (nSPS) is 12.6. The van der Waals surface area contributed by atoms with Crippen LogP contribution in [0.25, 0.3) is 0 Å². The lowest BCUT2D eigenvalue weighted by Gasteiger charge is -2.22. The second-order valence-electron chi connectivity index (χ2n) is 20.7. The van der Waals surface area contributed by atoms with E-state index < -0.39 is 12.1 Å². The van der Waals surface area contributed by atoms with Gasteiger partial charge in [0.05, 0.1) is 25.4 Å². The Morgan fingerprint density at radius 2 is 0.712 bits per heavy atom. The lowest BCUT2D eigenvalue weighted by Crippen LogP contribution is -2.45. The lowest BCUT2D eigenvalue weighted by molar-refractivity contribution is -0.143. The van der Waals surface area contributed by atoms with Gasteiger partial charge in [0.15, 0.2) is 0 Å². The summed E-state index contributed by atoms with van der Waals surface area (Å²) < 4.78 is 5.47. The number of aliphatic hydroxyl groups is 2. The average molecular weight is 933 g/mol. The Hall–Kier alpha value is -1.40. The minimum Gasteiger partial charge on any atom is -0.466 e. The topological polar surface area (TPSA) is 95.9 Å². The summed E-state index contributed by atoms with van der Waals surface area (Å²) >= 11 is 0. The van der Waals surface area contributed by atoms with Gasteiger partial charge < -0.3 is 20.3 Å². The van der Waals surface area contributed by atoms with Crippen LogP contribution in [0.2, 0.25) is 0 Å². The Bertz CT molecular complexity index is 986. The highest BCUT2D eigenvalue weighted by molar-refractivity contribution is 5.76. The largest absolute Gasteiger partial charge is 0.466 e. The summed E-state index contributed by atoms with van der Waals surface area (Å²) in [5, 5.41) is 23.3. The molecule has 0 spiro atoms. The van der Waals surface area contributed by atoms with Crippen LogP contribution in [0.4, 0.5) is 0 Å². The van der Waals surface area contributed by atoms with Gasteiger partial charge >= 0.3 is 5.97 Å². The second-order valence-corrected chi connectivity index (χ2v) is 20.7. The van der Waals surface area contributed by atoms with Gasteiger partial charge in [-0.3, -0.25) is 9.59 Å². The minimum absolute atomic E-state index is 0.00120. The van der Waals surface area contributed by atoms with Gasteiger partial charge in [-0.2, -0.15) is 0 Å². The van der Waals surface area contributed by atoms with Gasteiger partial charge in [-0.05, 0) is 51.4 Å². The van der Waals surface area contributed by atoms with Crippen molar-refractivity contribution in [3.63, 3.8) is 0 Å². The van der Waals surface area contributed by atoms with Gasteiger partial charge in [-0.1, -0.05) is 283 Å². The predicted molar refractivity (Wildman–Crippen MR) is 287 cm³/mol. The monoisotopic (exact) mass is 932 g/mol. The van der Waals surface area contributed by atoms with Crippen LogP contribution in [0.1, 0.15) is 335 Å². The van der Waals surface area contributed by atoms with Crippen molar-refractivity contribution in [2.75, 3.05) is 13.2 Å². The minimum atomic E-state index is -0.666. The van der Waals surface area contributed by atoms with Crippen molar-refractivity contribution in [3.8, 4) is 0 Å². The van der Waals surface area contributed by atoms with Crippen LogP contribution in [0.5, 0.6) is 0 Å². The number of hydrogen-bond donors (Lipinski definition) is 3. The molecule has 0 aliphatic carbocycles. The first kappa shape index (κ1) is 64.6. The molecule has 0 rings (SSSR count). The standard InChI is InChI=1S/C60H117NO5/c1-3-5-7-9-11-13-15-17-19-25-28-32-36-40-44-48-52-58(63)57(56-62)61-59(64)53-49-45-41-37-33-29-26-23-21-20-22-24-27-31-35-39-43-47-51-55-66-60(65)54-50-46-42-38-34-30-18-16-14-12-10-8-6-4-2/h16,18,57-58,62-63H,3-15,17,19-56H2,1-2H3,(H,61,64)/b18-16-. The number of unbranched alkanes of at least 4 members (excludes halogenated alkanes) is 43. The summed E-state index contributed by atoms with van der Waals surface area (Å²) in [7, 11) is 0. The van der Waals surface area contributed by atoms with Crippen molar-refractivity contribution >= 4 is 11.9 Å². The smallest absolute Gasteiger partial charge is 0.305 e. The number of hydrogen-bond acceptors (Lipinski definition) is 5. The molecule has 0 fully saturated rings. The molecule has 0 radical (unpaired) electrons. The van der Waals surface area contributed by atoms with Crippen LogP contribution in [0.15, 0.2) is 12.2 Å². The number of ether oxygens (including phenoxy) is 1. The first-order valence-electron chi connectivity index (χ1n) is 29.9. The van der Waals surface area contributed by atoms with E-state index in [1.165, 1.54) is 257 Å². The van der Waals surface area contributed by atoms with Gasteiger partial charge in [-0.25, -0.2) is 0 Å². The van der Waals surface area contributed by atoms with E-state index in [1.54, 1.807) is 0 Å². The fourth-order valence-corrected chi connectivity index (χ4v) is 9.46. The molecule has 6 nitrogen and oxygen atoms in total. The first-order chi connectivity index (χ1) is 32.5. The highest BCUT2D eigenvalue weighted by Gasteiger charge is 2.20. The molecular formula is C60H117NO5. The number of esters is 1. The van der Waals surface area contributed by atoms with Crippen LogP contribution >= 0.6 is 0 Å². The molecule has 0 aliphatic rings. The van der Waals surface area contributed by atoms with E-state index in [4.69, 9.17) is 4.74 Å². The van der Waals surface area contributed by atoms with Crippen LogP contribution in [0.3, 0.4) is 0 Å². The Morgan fingerprint density at radius 3 is 1.08 bits per heavy atom. The summed E-state index contributed by atoms with van der Waals surface area (Å²) in [6, 6.07) is -0.543. The number of rotatable bonds is 56. The fraction of sp³-hybridized carbons (Fsp3) is 0.933. The Morgan fingerprint density at radius 1 is 0.409 bits per heavy atom. The van der Waals surface area contributed by atoms with E-state index in [-0.39, 0.29) is 18.5 Å².